The Morgan fingerprint density at radius 3 is 2.00 bits per heavy atom. The highest BCUT2D eigenvalue weighted by Crippen LogP contribution is 2.50. The highest BCUT2D eigenvalue weighted by Gasteiger charge is 2.39. The van der Waals surface area contributed by atoms with Gasteiger partial charge in [-0.3, -0.25) is 0 Å². The summed E-state index contributed by atoms with van der Waals surface area (Å²) in [6.45, 7) is 7.25. The first-order valence-corrected chi connectivity index (χ1v) is 15.5. The van der Waals surface area contributed by atoms with Crippen LogP contribution in [0, 0.1) is 47.3 Å². The topological polar surface area (TPSA) is 46.2 Å². The molecule has 2 nitrogen and oxygen atoms in total. The van der Waals surface area contributed by atoms with Crippen LogP contribution in [0.25, 0.3) is 0 Å². The average Bonchev–Trinajstić information content (AvgIpc) is 2.85. The molecule has 3 saturated carbocycles. The Balaban J connectivity index is 1.40. The van der Waals surface area contributed by atoms with E-state index in [9.17, 15) is 5.11 Å². The molecule has 2 heteroatoms. The molecule has 3 N–H and O–H groups in total. The Hall–Kier alpha value is -0.0800. The van der Waals surface area contributed by atoms with Gasteiger partial charge in [-0.15, -0.1) is 0 Å². The fourth-order valence-corrected chi connectivity index (χ4v) is 8.50. The molecule has 3 fully saturated rings. The van der Waals surface area contributed by atoms with Crippen LogP contribution in [0.1, 0.15) is 143 Å². The Morgan fingerprint density at radius 2 is 1.39 bits per heavy atom. The van der Waals surface area contributed by atoms with Gasteiger partial charge in [0.25, 0.3) is 0 Å². The summed E-state index contributed by atoms with van der Waals surface area (Å²) >= 11 is 0. The van der Waals surface area contributed by atoms with E-state index >= 15 is 0 Å². The summed E-state index contributed by atoms with van der Waals surface area (Å²) in [5.74, 6) is 7.93. The van der Waals surface area contributed by atoms with Crippen molar-refractivity contribution in [3.05, 3.63) is 0 Å². The molecule has 0 aromatic heterocycles. The molecule has 3 aliphatic carbocycles. The lowest BCUT2D eigenvalue weighted by Gasteiger charge is -2.45. The zero-order chi connectivity index (χ0) is 23.6. The van der Waals surface area contributed by atoms with Crippen LogP contribution in [0.15, 0.2) is 0 Å². The van der Waals surface area contributed by atoms with Gasteiger partial charge in [-0.25, -0.2) is 0 Å². The number of aliphatic hydroxyl groups excluding tert-OH is 1. The molecule has 0 aromatic carbocycles. The molecule has 0 amide bonds. The molecule has 5 unspecified atom stereocenters. The largest absolute Gasteiger partial charge is 0.379 e. The molecule has 3 rings (SSSR count). The second kappa shape index (κ2) is 14.5. The Bertz CT molecular complexity index is 503. The molecule has 5 atom stereocenters. The normalized spacial score (nSPS) is 37.5. The molecule has 0 bridgehead atoms. The molecule has 0 heterocycles. The highest BCUT2D eigenvalue weighted by molar-refractivity contribution is 4.90. The number of aliphatic hydroxyl groups is 1. The third kappa shape index (κ3) is 8.52. The minimum atomic E-state index is -0.605. The third-order valence-electron chi connectivity index (χ3n) is 10.7. The van der Waals surface area contributed by atoms with Crippen LogP contribution in [0.5, 0.6) is 0 Å². The van der Waals surface area contributed by atoms with Gasteiger partial charge >= 0.3 is 0 Å². The predicted molar refractivity (Wildman–Crippen MR) is 143 cm³/mol. The van der Waals surface area contributed by atoms with E-state index < -0.39 is 6.23 Å². The zero-order valence-electron chi connectivity index (χ0n) is 22.7. The molecular formula is C31H59NO. The highest BCUT2D eigenvalue weighted by atomic mass is 16.3. The van der Waals surface area contributed by atoms with Crippen LogP contribution in [-0.2, 0) is 0 Å². The standard InChI is InChI=1S/C31H59NO/c1-4-7-8-23(5-2)21-25-11-14-27(15-12-25)29-18-19-30(26(6-3)22-29)28-16-9-24(10-17-28)13-20-31(32)33/h23-31,33H,4-22,32H2,1-3H3. The van der Waals surface area contributed by atoms with E-state index in [0.29, 0.717) is 0 Å². The smallest absolute Gasteiger partial charge is 0.102 e. The van der Waals surface area contributed by atoms with Crippen molar-refractivity contribution < 1.29 is 5.11 Å². The van der Waals surface area contributed by atoms with Gasteiger partial charge in [-0.2, -0.15) is 0 Å². The second-order valence-electron chi connectivity index (χ2n) is 12.8. The summed E-state index contributed by atoms with van der Waals surface area (Å²) < 4.78 is 0. The van der Waals surface area contributed by atoms with Gasteiger partial charge in [0.05, 0.1) is 0 Å². The van der Waals surface area contributed by atoms with Gasteiger partial charge in [-0.1, -0.05) is 78.6 Å². The van der Waals surface area contributed by atoms with Gasteiger partial charge in [0, 0.05) is 0 Å². The van der Waals surface area contributed by atoms with Crippen molar-refractivity contribution in [1.29, 1.82) is 0 Å². The van der Waals surface area contributed by atoms with Crippen molar-refractivity contribution in [2.24, 2.45) is 53.1 Å². The van der Waals surface area contributed by atoms with Crippen molar-refractivity contribution in [3.63, 3.8) is 0 Å². The van der Waals surface area contributed by atoms with Crippen molar-refractivity contribution >= 4 is 0 Å². The summed E-state index contributed by atoms with van der Waals surface area (Å²) in [7, 11) is 0. The van der Waals surface area contributed by atoms with E-state index in [1.54, 1.807) is 19.3 Å². The van der Waals surface area contributed by atoms with Gasteiger partial charge in [0.15, 0.2) is 0 Å². The van der Waals surface area contributed by atoms with E-state index in [1.807, 2.05) is 0 Å². The molecule has 3 aliphatic rings. The third-order valence-corrected chi connectivity index (χ3v) is 10.7. The first-order chi connectivity index (χ1) is 16.0. The summed E-state index contributed by atoms with van der Waals surface area (Å²) in [6, 6.07) is 0. The molecule has 0 aliphatic heterocycles. The zero-order valence-corrected chi connectivity index (χ0v) is 22.7. The summed E-state index contributed by atoms with van der Waals surface area (Å²) in [5.41, 5.74) is 5.57. The predicted octanol–water partition coefficient (Wildman–Crippen LogP) is 8.71. The molecule has 0 radical (unpaired) electrons. The number of unbranched alkanes of at least 4 members (excludes halogenated alkanes) is 1. The Morgan fingerprint density at radius 1 is 0.758 bits per heavy atom. The van der Waals surface area contributed by atoms with Crippen LogP contribution in [0.3, 0.4) is 0 Å². The van der Waals surface area contributed by atoms with Crippen LogP contribution in [-0.4, -0.2) is 11.3 Å². The lowest BCUT2D eigenvalue weighted by molar-refractivity contribution is 0.0499. The molecule has 0 saturated heterocycles. The van der Waals surface area contributed by atoms with Gasteiger partial charge in [0.1, 0.15) is 6.23 Å². The van der Waals surface area contributed by atoms with Gasteiger partial charge in [0.2, 0.25) is 0 Å². The minimum Gasteiger partial charge on any atom is -0.379 e. The number of hydrogen-bond donors (Lipinski definition) is 2. The van der Waals surface area contributed by atoms with Gasteiger partial charge < -0.3 is 10.8 Å². The first kappa shape index (κ1) is 27.5. The molecule has 33 heavy (non-hydrogen) atoms. The Labute approximate surface area is 207 Å². The van der Waals surface area contributed by atoms with Crippen LogP contribution in [0.4, 0.5) is 0 Å². The lowest BCUT2D eigenvalue weighted by Crippen LogP contribution is -2.35. The second-order valence-corrected chi connectivity index (χ2v) is 12.8. The summed E-state index contributed by atoms with van der Waals surface area (Å²) in [6.07, 6.45) is 26.3. The fourth-order valence-electron chi connectivity index (χ4n) is 8.50. The number of hydrogen-bond acceptors (Lipinski definition) is 2. The van der Waals surface area contributed by atoms with Crippen LogP contribution in [0.2, 0.25) is 0 Å². The van der Waals surface area contributed by atoms with Crippen molar-refractivity contribution in [3.8, 4) is 0 Å². The van der Waals surface area contributed by atoms with Crippen LogP contribution >= 0.6 is 0 Å². The Kier molecular flexibility index (Phi) is 12.1. The SMILES string of the molecule is CCCCC(CC)CC1CCC(C2CCC(C3CCC(CCC(N)O)CC3)C(CC)C2)CC1. The molecule has 194 valence electrons. The maximum absolute atomic E-state index is 9.41. The molecular weight excluding hydrogens is 402 g/mol. The van der Waals surface area contributed by atoms with Crippen molar-refractivity contribution in [2.75, 3.05) is 0 Å². The minimum absolute atomic E-state index is 0.605. The van der Waals surface area contributed by atoms with E-state index in [-0.39, 0.29) is 0 Å². The van der Waals surface area contributed by atoms with Crippen molar-refractivity contribution in [2.45, 2.75) is 149 Å². The number of rotatable bonds is 12. The quantitative estimate of drug-likeness (QED) is 0.285. The van der Waals surface area contributed by atoms with Crippen LogP contribution < -0.4 is 5.73 Å². The maximum Gasteiger partial charge on any atom is 0.102 e. The fraction of sp³-hybridized carbons (Fsp3) is 1.00. The first-order valence-electron chi connectivity index (χ1n) is 15.5. The van der Waals surface area contributed by atoms with E-state index in [0.717, 1.165) is 60.2 Å². The lowest BCUT2D eigenvalue weighted by atomic mass is 9.60. The molecule has 0 aromatic rings. The number of nitrogens with two attached hydrogens (primary N) is 1. The average molecular weight is 462 g/mol. The van der Waals surface area contributed by atoms with E-state index in [1.165, 1.54) is 89.9 Å². The summed E-state index contributed by atoms with van der Waals surface area (Å²) in [5, 5.41) is 9.41. The van der Waals surface area contributed by atoms with E-state index in [4.69, 9.17) is 5.73 Å². The van der Waals surface area contributed by atoms with E-state index in [2.05, 4.69) is 20.8 Å². The maximum atomic E-state index is 9.41. The van der Waals surface area contributed by atoms with Crippen molar-refractivity contribution in [1.82, 2.24) is 0 Å². The summed E-state index contributed by atoms with van der Waals surface area (Å²) in [4.78, 5) is 0. The van der Waals surface area contributed by atoms with Gasteiger partial charge in [-0.05, 0) is 112 Å². The molecule has 0 spiro atoms. The monoisotopic (exact) mass is 461 g/mol.